The van der Waals surface area contributed by atoms with E-state index in [0.29, 0.717) is 0 Å². The maximum atomic E-state index is 11.2. The summed E-state index contributed by atoms with van der Waals surface area (Å²) in [5.74, 6) is -1.10. The van der Waals surface area contributed by atoms with E-state index >= 15 is 0 Å². The summed E-state index contributed by atoms with van der Waals surface area (Å²) in [6.45, 7) is 0. The summed E-state index contributed by atoms with van der Waals surface area (Å²) < 4.78 is 4.49. The zero-order chi connectivity index (χ0) is 12.1. The molecule has 0 spiro atoms. The van der Waals surface area contributed by atoms with Crippen LogP contribution in [0.4, 0.5) is 0 Å². The third-order valence-electron chi connectivity index (χ3n) is 1.63. The summed E-state index contributed by atoms with van der Waals surface area (Å²) in [6, 6.07) is 0. The summed E-state index contributed by atoms with van der Waals surface area (Å²) in [7, 11) is 0. The van der Waals surface area contributed by atoms with Crippen molar-refractivity contribution in [3.05, 3.63) is 11.6 Å². The molecule has 2 rings (SSSR count). The third kappa shape index (κ3) is 3.12. The van der Waals surface area contributed by atoms with Crippen LogP contribution in [0, 0.1) is 0 Å². The molecule has 0 aliphatic rings. The maximum absolute atomic E-state index is 11.2. The van der Waals surface area contributed by atoms with Crippen LogP contribution < -0.4 is 0 Å². The lowest BCUT2D eigenvalue weighted by Crippen LogP contribution is -2.17. The van der Waals surface area contributed by atoms with Crippen molar-refractivity contribution in [1.29, 1.82) is 0 Å². The van der Waals surface area contributed by atoms with Gasteiger partial charge in [0.25, 0.3) is 0 Å². The predicted molar refractivity (Wildman–Crippen MR) is 46.9 cm³/mol. The molecule has 2 aromatic rings. The Morgan fingerprint density at radius 1 is 0.941 bits per heavy atom. The van der Waals surface area contributed by atoms with Crippen LogP contribution in [0.1, 0.15) is 11.6 Å². The van der Waals surface area contributed by atoms with Gasteiger partial charge in [-0.3, -0.25) is 9.59 Å². The minimum absolute atomic E-state index is 0.212. The summed E-state index contributed by atoms with van der Waals surface area (Å²) in [5, 5.41) is 24.8. The van der Waals surface area contributed by atoms with Gasteiger partial charge in [0, 0.05) is 0 Å². The first-order chi connectivity index (χ1) is 8.24. The average Bonchev–Trinajstić information content (AvgIpc) is 2.90. The molecule has 88 valence electrons. The zero-order valence-corrected chi connectivity index (χ0v) is 8.32. The van der Waals surface area contributed by atoms with Crippen molar-refractivity contribution >= 4 is 11.9 Å². The SMILES string of the molecule is O=C(Cc1nnn[nH]1)OC(=O)Cc1nnn[nH]1. The van der Waals surface area contributed by atoms with E-state index < -0.39 is 11.9 Å². The molecule has 2 N–H and O–H groups in total. The Kier molecular flexibility index (Phi) is 3.09. The Balaban J connectivity index is 1.80. The van der Waals surface area contributed by atoms with Gasteiger partial charge in [-0.1, -0.05) is 0 Å². The quantitative estimate of drug-likeness (QED) is 0.437. The minimum Gasteiger partial charge on any atom is -0.392 e. The number of carbonyl (C=O) groups is 2. The van der Waals surface area contributed by atoms with Gasteiger partial charge in [0.15, 0.2) is 11.6 Å². The van der Waals surface area contributed by atoms with Crippen molar-refractivity contribution in [2.75, 3.05) is 0 Å². The van der Waals surface area contributed by atoms with Crippen LogP contribution in [0.25, 0.3) is 0 Å². The first-order valence-corrected chi connectivity index (χ1v) is 4.43. The summed E-state index contributed by atoms with van der Waals surface area (Å²) in [4.78, 5) is 22.5. The Labute approximate surface area is 92.9 Å². The van der Waals surface area contributed by atoms with E-state index in [4.69, 9.17) is 0 Å². The number of nitrogens with zero attached hydrogens (tertiary/aromatic N) is 6. The standard InChI is InChI=1S/C6H6N8O3/c15-5(1-3-7-11-12-8-3)17-6(16)2-4-9-13-14-10-4/h1-2H2,(H,7,8,11,12)(H,9,10,13,14). The highest BCUT2D eigenvalue weighted by Gasteiger charge is 2.15. The molecule has 11 heteroatoms. The van der Waals surface area contributed by atoms with E-state index in [2.05, 4.69) is 46.0 Å². The molecule has 2 aromatic heterocycles. The van der Waals surface area contributed by atoms with Gasteiger partial charge >= 0.3 is 11.9 Å². The minimum atomic E-state index is -0.763. The molecule has 0 fully saturated rings. The number of rotatable bonds is 4. The van der Waals surface area contributed by atoms with Crippen molar-refractivity contribution in [3.8, 4) is 0 Å². The lowest BCUT2D eigenvalue weighted by Gasteiger charge is -1.98. The highest BCUT2D eigenvalue weighted by atomic mass is 16.6. The topological polar surface area (TPSA) is 152 Å². The van der Waals surface area contributed by atoms with Crippen molar-refractivity contribution in [2.45, 2.75) is 12.8 Å². The second kappa shape index (κ2) is 4.87. The lowest BCUT2D eigenvalue weighted by atomic mass is 10.4. The second-order valence-corrected chi connectivity index (χ2v) is 2.90. The number of hydrogen-bond acceptors (Lipinski definition) is 9. The molecule has 0 saturated carbocycles. The van der Waals surface area contributed by atoms with Crippen LogP contribution in [0.2, 0.25) is 0 Å². The number of ether oxygens (including phenoxy) is 1. The number of esters is 2. The van der Waals surface area contributed by atoms with Crippen molar-refractivity contribution in [2.24, 2.45) is 0 Å². The highest BCUT2D eigenvalue weighted by Crippen LogP contribution is 1.94. The molecule has 0 saturated heterocycles. The fourth-order valence-corrected chi connectivity index (χ4v) is 0.980. The largest absolute Gasteiger partial charge is 0.392 e. The van der Waals surface area contributed by atoms with Crippen LogP contribution >= 0.6 is 0 Å². The Morgan fingerprint density at radius 3 is 1.76 bits per heavy atom. The van der Waals surface area contributed by atoms with Crippen LogP contribution in [0.5, 0.6) is 0 Å². The van der Waals surface area contributed by atoms with E-state index in [9.17, 15) is 9.59 Å². The molecule has 2 heterocycles. The molecule has 11 nitrogen and oxygen atoms in total. The summed E-state index contributed by atoms with van der Waals surface area (Å²) in [5.41, 5.74) is 0. The molecule has 0 bridgehead atoms. The summed E-state index contributed by atoms with van der Waals surface area (Å²) >= 11 is 0. The first kappa shape index (κ1) is 10.8. The number of H-pyrrole nitrogens is 2. The molecular formula is C6H6N8O3. The normalized spacial score (nSPS) is 10.1. The van der Waals surface area contributed by atoms with E-state index in [1.54, 1.807) is 0 Å². The number of aromatic nitrogens is 8. The molecule has 0 unspecified atom stereocenters. The van der Waals surface area contributed by atoms with E-state index in [1.807, 2.05) is 0 Å². The van der Waals surface area contributed by atoms with Crippen molar-refractivity contribution < 1.29 is 14.3 Å². The summed E-state index contributed by atoms with van der Waals surface area (Å²) in [6.07, 6.45) is -0.430. The van der Waals surface area contributed by atoms with Gasteiger partial charge in [-0.2, -0.15) is 0 Å². The Morgan fingerprint density at radius 2 is 1.41 bits per heavy atom. The van der Waals surface area contributed by atoms with Gasteiger partial charge in [0.2, 0.25) is 0 Å². The number of aromatic amines is 2. The predicted octanol–water partition coefficient (Wildman–Crippen LogP) is -2.43. The Bertz CT molecular complexity index is 445. The van der Waals surface area contributed by atoms with E-state index in [0.717, 1.165) is 0 Å². The lowest BCUT2D eigenvalue weighted by molar-refractivity contribution is -0.158. The van der Waals surface area contributed by atoms with E-state index in [-0.39, 0.29) is 24.5 Å². The van der Waals surface area contributed by atoms with Crippen LogP contribution in [0.15, 0.2) is 0 Å². The molecular weight excluding hydrogens is 232 g/mol. The smallest absolute Gasteiger partial charge is 0.321 e. The van der Waals surface area contributed by atoms with Gasteiger partial charge in [-0.25, -0.2) is 10.2 Å². The van der Waals surface area contributed by atoms with Crippen LogP contribution in [-0.4, -0.2) is 53.2 Å². The van der Waals surface area contributed by atoms with Gasteiger partial charge in [-0.15, -0.1) is 10.2 Å². The van der Waals surface area contributed by atoms with Crippen LogP contribution in [-0.2, 0) is 27.2 Å². The number of hydrogen-bond donors (Lipinski definition) is 2. The fourth-order valence-electron chi connectivity index (χ4n) is 0.980. The van der Waals surface area contributed by atoms with Gasteiger partial charge in [0.1, 0.15) is 12.8 Å². The maximum Gasteiger partial charge on any atom is 0.321 e. The average molecular weight is 238 g/mol. The molecule has 0 aromatic carbocycles. The molecule has 0 radical (unpaired) electrons. The molecule has 0 amide bonds. The molecule has 0 aliphatic heterocycles. The third-order valence-corrected chi connectivity index (χ3v) is 1.63. The van der Waals surface area contributed by atoms with Gasteiger partial charge < -0.3 is 4.74 Å². The second-order valence-electron chi connectivity index (χ2n) is 2.90. The van der Waals surface area contributed by atoms with Gasteiger partial charge in [0.05, 0.1) is 0 Å². The monoisotopic (exact) mass is 238 g/mol. The van der Waals surface area contributed by atoms with E-state index in [1.165, 1.54) is 0 Å². The number of carbonyl (C=O) groups excluding carboxylic acids is 2. The number of tetrazole rings is 2. The first-order valence-electron chi connectivity index (χ1n) is 4.43. The molecule has 17 heavy (non-hydrogen) atoms. The molecule has 0 aliphatic carbocycles. The van der Waals surface area contributed by atoms with Gasteiger partial charge in [-0.05, 0) is 20.9 Å². The molecule has 0 atom stereocenters. The Hall–Kier alpha value is -2.72. The van der Waals surface area contributed by atoms with Crippen molar-refractivity contribution in [1.82, 2.24) is 41.2 Å². The highest BCUT2D eigenvalue weighted by molar-refractivity contribution is 5.86. The fraction of sp³-hybridized carbons (Fsp3) is 0.333. The number of nitrogens with one attached hydrogen (secondary N) is 2. The zero-order valence-electron chi connectivity index (χ0n) is 8.32. The van der Waals surface area contributed by atoms with Crippen molar-refractivity contribution in [3.63, 3.8) is 0 Å². The van der Waals surface area contributed by atoms with Crippen LogP contribution in [0.3, 0.4) is 0 Å².